The van der Waals surface area contributed by atoms with Crippen molar-refractivity contribution < 1.29 is 24.0 Å². The molecule has 1 fully saturated rings. The molecule has 120 valence electrons. The Morgan fingerprint density at radius 1 is 1.39 bits per heavy atom. The van der Waals surface area contributed by atoms with Gasteiger partial charge in [-0.05, 0) is 12.1 Å². The van der Waals surface area contributed by atoms with Gasteiger partial charge in [-0.25, -0.2) is 4.79 Å². The molecule has 2 rings (SSSR count). The Morgan fingerprint density at radius 3 is 2.61 bits per heavy atom. The van der Waals surface area contributed by atoms with Crippen molar-refractivity contribution >= 4 is 35.2 Å². The van der Waals surface area contributed by atoms with E-state index >= 15 is 0 Å². The zero-order valence-corrected chi connectivity index (χ0v) is 12.6. The van der Waals surface area contributed by atoms with Crippen LogP contribution in [0.5, 0.6) is 0 Å². The molecule has 2 N–H and O–H groups in total. The van der Waals surface area contributed by atoms with Gasteiger partial charge in [0.1, 0.15) is 0 Å². The van der Waals surface area contributed by atoms with Crippen molar-refractivity contribution in [1.82, 2.24) is 10.6 Å². The molecule has 0 bridgehead atoms. The van der Waals surface area contributed by atoms with Crippen LogP contribution in [-0.4, -0.2) is 35.3 Å². The minimum absolute atomic E-state index is 0.117. The lowest BCUT2D eigenvalue weighted by Gasteiger charge is -2.10. The molecule has 0 saturated carbocycles. The van der Waals surface area contributed by atoms with Crippen LogP contribution in [0.15, 0.2) is 35.2 Å². The number of non-ortho nitro benzene ring substituents is 1. The monoisotopic (exact) mass is 337 g/mol. The van der Waals surface area contributed by atoms with Gasteiger partial charge in [-0.3, -0.25) is 19.7 Å². The van der Waals surface area contributed by atoms with E-state index in [1.807, 2.05) is 0 Å². The summed E-state index contributed by atoms with van der Waals surface area (Å²) < 4.78 is 4.43. The number of nitro benzene ring substituents is 1. The number of amides is 2. The van der Waals surface area contributed by atoms with Crippen molar-refractivity contribution in [3.8, 4) is 0 Å². The molecule has 1 heterocycles. The molecule has 1 unspecified atom stereocenters. The van der Waals surface area contributed by atoms with E-state index in [0.717, 1.165) is 17.8 Å². The number of nitrogens with zero attached hydrogens (tertiary/aromatic N) is 1. The number of carbonyl (C=O) groups excluding carboxylic acids is 3. The largest absolute Gasteiger partial charge is 0.466 e. The maximum Gasteiger partial charge on any atom is 0.331 e. The predicted octanol–water partition coefficient (Wildman–Crippen LogP) is 0.528. The summed E-state index contributed by atoms with van der Waals surface area (Å²) in [5.74, 6) is -1.70. The maximum absolute atomic E-state index is 12.0. The van der Waals surface area contributed by atoms with Crippen molar-refractivity contribution in [1.29, 1.82) is 0 Å². The summed E-state index contributed by atoms with van der Waals surface area (Å²) in [5, 5.41) is 15.6. The van der Waals surface area contributed by atoms with Gasteiger partial charge in [0.2, 0.25) is 0 Å². The summed E-state index contributed by atoms with van der Waals surface area (Å²) in [4.78, 5) is 44.9. The molecule has 23 heavy (non-hydrogen) atoms. The predicted molar refractivity (Wildman–Crippen MR) is 80.2 cm³/mol. The summed E-state index contributed by atoms with van der Waals surface area (Å²) in [6.07, 6.45) is 1.03. The van der Waals surface area contributed by atoms with Gasteiger partial charge in [-0.1, -0.05) is 11.8 Å². The van der Waals surface area contributed by atoms with E-state index in [1.165, 1.54) is 31.4 Å². The number of hydrogen-bond acceptors (Lipinski definition) is 7. The number of nitro groups is 1. The molecule has 0 aromatic heterocycles. The molecule has 1 saturated heterocycles. The number of ether oxygens (including phenoxy) is 1. The second kappa shape index (κ2) is 6.92. The Morgan fingerprint density at radius 2 is 2.04 bits per heavy atom. The minimum atomic E-state index is -0.749. The molecular formula is C13H11N3O6S. The highest BCUT2D eigenvalue weighted by Crippen LogP contribution is 2.26. The average Bonchev–Trinajstić information content (AvgIpc) is 2.86. The van der Waals surface area contributed by atoms with Gasteiger partial charge in [-0.15, -0.1) is 0 Å². The van der Waals surface area contributed by atoms with Crippen LogP contribution in [0, 0.1) is 10.1 Å². The lowest BCUT2D eigenvalue weighted by Crippen LogP contribution is -2.41. The number of benzene rings is 1. The lowest BCUT2D eigenvalue weighted by atomic mass is 10.2. The summed E-state index contributed by atoms with van der Waals surface area (Å²) in [6.45, 7) is 0. The molecule has 0 radical (unpaired) electrons. The van der Waals surface area contributed by atoms with E-state index in [-0.39, 0.29) is 16.2 Å². The van der Waals surface area contributed by atoms with Crippen LogP contribution >= 0.6 is 11.8 Å². The van der Waals surface area contributed by atoms with Crippen LogP contribution in [0.2, 0.25) is 0 Å². The van der Waals surface area contributed by atoms with Crippen molar-refractivity contribution in [2.45, 2.75) is 5.50 Å². The van der Waals surface area contributed by atoms with E-state index in [0.29, 0.717) is 0 Å². The molecule has 9 nitrogen and oxygen atoms in total. The van der Waals surface area contributed by atoms with Gasteiger partial charge >= 0.3 is 5.97 Å². The van der Waals surface area contributed by atoms with Crippen LogP contribution in [0.3, 0.4) is 0 Å². The first-order valence-corrected chi connectivity index (χ1v) is 7.11. The van der Waals surface area contributed by atoms with Gasteiger partial charge in [0.15, 0.2) is 5.50 Å². The van der Waals surface area contributed by atoms with Gasteiger partial charge in [0.05, 0.1) is 16.9 Å². The number of methoxy groups -OCH3 is 1. The molecule has 0 spiro atoms. The molecule has 0 aliphatic carbocycles. The van der Waals surface area contributed by atoms with Crippen molar-refractivity contribution in [3.63, 3.8) is 0 Å². The fraction of sp³-hybridized carbons (Fsp3) is 0.154. The molecule has 1 aliphatic rings. The fourth-order valence-electron chi connectivity index (χ4n) is 1.67. The Kier molecular flexibility index (Phi) is 4.96. The smallest absolute Gasteiger partial charge is 0.331 e. The SMILES string of the molecule is COC(=O)C=C1SC(NC(=O)c2ccc([N+](=O)[O-])cc2)NC1=O. The molecule has 1 aromatic rings. The van der Waals surface area contributed by atoms with Crippen LogP contribution in [0.4, 0.5) is 5.69 Å². The number of carbonyl (C=O) groups is 3. The Labute approximate surface area is 134 Å². The first-order chi connectivity index (χ1) is 10.9. The Hall–Kier alpha value is -2.88. The Balaban J connectivity index is 2.01. The quantitative estimate of drug-likeness (QED) is 0.355. The summed E-state index contributed by atoms with van der Waals surface area (Å²) in [6, 6.07) is 5.02. The van der Waals surface area contributed by atoms with E-state index in [2.05, 4.69) is 15.4 Å². The molecule has 1 aliphatic heterocycles. The van der Waals surface area contributed by atoms with Gasteiger partial charge < -0.3 is 15.4 Å². The highest BCUT2D eigenvalue weighted by atomic mass is 32.2. The van der Waals surface area contributed by atoms with Gasteiger partial charge in [-0.2, -0.15) is 0 Å². The Bertz CT molecular complexity index is 700. The molecule has 10 heteroatoms. The zero-order valence-electron chi connectivity index (χ0n) is 11.8. The van der Waals surface area contributed by atoms with E-state index in [4.69, 9.17) is 0 Å². The maximum atomic E-state index is 12.0. The first kappa shape index (κ1) is 16.5. The third kappa shape index (κ3) is 4.07. The van der Waals surface area contributed by atoms with E-state index in [1.54, 1.807) is 0 Å². The molecular weight excluding hydrogens is 326 g/mol. The zero-order chi connectivity index (χ0) is 17.0. The average molecular weight is 337 g/mol. The van der Waals surface area contributed by atoms with E-state index in [9.17, 15) is 24.5 Å². The third-order valence-electron chi connectivity index (χ3n) is 2.78. The third-order valence-corrected chi connectivity index (χ3v) is 3.81. The number of thioether (sulfide) groups is 1. The molecule has 1 atom stereocenters. The number of esters is 1. The molecule has 1 aromatic carbocycles. The summed E-state index contributed by atoms with van der Waals surface area (Å²) in [7, 11) is 1.19. The normalized spacial score (nSPS) is 18.4. The fourth-order valence-corrected chi connectivity index (χ4v) is 2.58. The number of hydrogen-bond donors (Lipinski definition) is 2. The standard InChI is InChI=1S/C13H11N3O6S/c1-22-10(17)6-9-12(19)15-13(23-9)14-11(18)7-2-4-8(5-3-7)16(20)21/h2-6,13H,1H3,(H,14,18)(H,15,19). The summed E-state index contributed by atoms with van der Waals surface area (Å²) >= 11 is 0.953. The highest BCUT2D eigenvalue weighted by molar-refractivity contribution is 8.05. The minimum Gasteiger partial charge on any atom is -0.466 e. The highest BCUT2D eigenvalue weighted by Gasteiger charge is 2.29. The van der Waals surface area contributed by atoms with Crippen LogP contribution in [0.1, 0.15) is 10.4 Å². The second-order valence-corrected chi connectivity index (χ2v) is 5.43. The van der Waals surface area contributed by atoms with Crippen LogP contribution in [-0.2, 0) is 14.3 Å². The molecule has 2 amide bonds. The van der Waals surface area contributed by atoms with Crippen molar-refractivity contribution in [2.75, 3.05) is 7.11 Å². The summed E-state index contributed by atoms with van der Waals surface area (Å²) in [5.41, 5.74) is -0.676. The van der Waals surface area contributed by atoms with Crippen LogP contribution < -0.4 is 10.6 Å². The number of nitrogens with one attached hydrogen (secondary N) is 2. The number of rotatable bonds is 4. The topological polar surface area (TPSA) is 128 Å². The van der Waals surface area contributed by atoms with Gasteiger partial charge in [0.25, 0.3) is 17.5 Å². The lowest BCUT2D eigenvalue weighted by molar-refractivity contribution is -0.384. The van der Waals surface area contributed by atoms with Crippen molar-refractivity contribution in [2.24, 2.45) is 0 Å². The second-order valence-electron chi connectivity index (χ2n) is 4.28. The van der Waals surface area contributed by atoms with Crippen LogP contribution in [0.25, 0.3) is 0 Å². The van der Waals surface area contributed by atoms with E-state index < -0.39 is 28.2 Å². The van der Waals surface area contributed by atoms with Gasteiger partial charge in [0, 0.05) is 23.8 Å². The first-order valence-electron chi connectivity index (χ1n) is 6.23. The van der Waals surface area contributed by atoms with Crippen molar-refractivity contribution in [3.05, 3.63) is 50.9 Å².